The van der Waals surface area contributed by atoms with E-state index in [9.17, 15) is 9.90 Å². The molecule has 0 bridgehead atoms. The fraction of sp³-hybridized carbons (Fsp3) is 0.643. The van der Waals surface area contributed by atoms with Crippen LogP contribution in [-0.2, 0) is 0 Å². The Balaban J connectivity index is 1.90. The third-order valence-corrected chi connectivity index (χ3v) is 5.03. The predicted molar refractivity (Wildman–Crippen MR) is 78.4 cm³/mol. The van der Waals surface area contributed by atoms with E-state index in [1.54, 1.807) is 6.07 Å². The molecule has 1 amide bonds. The number of aryl methyl sites for hydroxylation is 1. The number of carbonyl (C=O) groups excluding carboxylic acids is 1. The Hall–Kier alpha value is -1.07. The Morgan fingerprint density at radius 2 is 2.21 bits per heavy atom. The number of carbonyl (C=O) groups is 1. The zero-order valence-corrected chi connectivity index (χ0v) is 12.3. The Bertz CT molecular complexity index is 443. The Morgan fingerprint density at radius 1 is 1.58 bits per heavy atom. The summed E-state index contributed by atoms with van der Waals surface area (Å²) < 4.78 is 0. The van der Waals surface area contributed by atoms with Crippen molar-refractivity contribution in [3.8, 4) is 0 Å². The van der Waals surface area contributed by atoms with Crippen molar-refractivity contribution in [1.82, 2.24) is 5.32 Å². The number of anilines is 1. The summed E-state index contributed by atoms with van der Waals surface area (Å²) in [4.78, 5) is 13.6. The molecule has 1 saturated carbocycles. The number of rotatable bonds is 3. The summed E-state index contributed by atoms with van der Waals surface area (Å²) in [7, 11) is 0. The van der Waals surface area contributed by atoms with Crippen LogP contribution < -0.4 is 11.1 Å². The van der Waals surface area contributed by atoms with Crippen LogP contribution in [0.3, 0.4) is 0 Å². The monoisotopic (exact) mass is 282 g/mol. The van der Waals surface area contributed by atoms with E-state index in [0.29, 0.717) is 23.0 Å². The average molecular weight is 282 g/mol. The van der Waals surface area contributed by atoms with Gasteiger partial charge in [-0.15, -0.1) is 11.3 Å². The third kappa shape index (κ3) is 3.48. The van der Waals surface area contributed by atoms with Gasteiger partial charge in [-0.2, -0.15) is 0 Å². The SMILES string of the molecule is Cc1sc(C(=O)NCC2(O)CCC(C)CC2)cc1N. The van der Waals surface area contributed by atoms with E-state index in [0.717, 1.165) is 30.6 Å². The number of aliphatic hydroxyl groups is 1. The van der Waals surface area contributed by atoms with Crippen LogP contribution in [0.5, 0.6) is 0 Å². The van der Waals surface area contributed by atoms with Crippen molar-refractivity contribution in [2.45, 2.75) is 45.1 Å². The fourth-order valence-electron chi connectivity index (χ4n) is 2.42. The molecule has 1 aliphatic carbocycles. The molecule has 2 rings (SSSR count). The third-order valence-electron chi connectivity index (χ3n) is 3.96. The van der Waals surface area contributed by atoms with Crippen LogP contribution in [0, 0.1) is 12.8 Å². The normalized spacial score (nSPS) is 27.2. The Kier molecular flexibility index (Phi) is 4.16. The highest BCUT2D eigenvalue weighted by Gasteiger charge is 2.32. The van der Waals surface area contributed by atoms with Gasteiger partial charge in [0.15, 0.2) is 0 Å². The molecule has 1 aliphatic rings. The second-order valence-electron chi connectivity index (χ2n) is 5.71. The summed E-state index contributed by atoms with van der Waals surface area (Å²) in [5.41, 5.74) is 5.66. The van der Waals surface area contributed by atoms with Gasteiger partial charge >= 0.3 is 0 Å². The van der Waals surface area contributed by atoms with E-state index in [-0.39, 0.29) is 5.91 Å². The van der Waals surface area contributed by atoms with Crippen molar-refractivity contribution in [3.05, 3.63) is 15.8 Å². The van der Waals surface area contributed by atoms with E-state index in [2.05, 4.69) is 12.2 Å². The minimum absolute atomic E-state index is 0.142. The standard InChI is InChI=1S/C14H22N2O2S/c1-9-3-5-14(18,6-4-9)8-16-13(17)12-7-11(15)10(2)19-12/h7,9,18H,3-6,8,15H2,1-2H3,(H,16,17). The van der Waals surface area contributed by atoms with Crippen LogP contribution >= 0.6 is 11.3 Å². The molecule has 1 aromatic heterocycles. The summed E-state index contributed by atoms with van der Waals surface area (Å²) in [5, 5.41) is 13.2. The second kappa shape index (κ2) is 5.51. The number of hydrogen-bond acceptors (Lipinski definition) is 4. The van der Waals surface area contributed by atoms with Crippen molar-refractivity contribution in [3.63, 3.8) is 0 Å². The van der Waals surface area contributed by atoms with Gasteiger partial charge < -0.3 is 16.2 Å². The molecule has 0 aliphatic heterocycles. The molecule has 1 aromatic rings. The molecule has 0 aromatic carbocycles. The van der Waals surface area contributed by atoms with E-state index < -0.39 is 5.60 Å². The maximum Gasteiger partial charge on any atom is 0.261 e. The maximum atomic E-state index is 12.0. The van der Waals surface area contributed by atoms with E-state index in [1.807, 2.05) is 6.92 Å². The number of nitrogens with one attached hydrogen (secondary N) is 1. The first kappa shape index (κ1) is 14.3. The Morgan fingerprint density at radius 3 is 2.74 bits per heavy atom. The number of hydrogen-bond donors (Lipinski definition) is 3. The molecule has 0 unspecified atom stereocenters. The van der Waals surface area contributed by atoms with Gasteiger partial charge in [-0.25, -0.2) is 0 Å². The highest BCUT2D eigenvalue weighted by atomic mass is 32.1. The lowest BCUT2D eigenvalue weighted by Crippen LogP contribution is -2.45. The maximum absolute atomic E-state index is 12.0. The van der Waals surface area contributed by atoms with Crippen LogP contribution in [0.1, 0.15) is 47.2 Å². The molecule has 4 nitrogen and oxygen atoms in total. The number of amides is 1. The van der Waals surface area contributed by atoms with Crippen molar-refractivity contribution in [1.29, 1.82) is 0 Å². The number of thiophene rings is 1. The van der Waals surface area contributed by atoms with Gasteiger partial charge in [0.2, 0.25) is 0 Å². The lowest BCUT2D eigenvalue weighted by molar-refractivity contribution is -0.00536. The minimum atomic E-state index is -0.736. The molecule has 5 heteroatoms. The molecule has 0 radical (unpaired) electrons. The van der Waals surface area contributed by atoms with Crippen molar-refractivity contribution in [2.75, 3.05) is 12.3 Å². The summed E-state index contributed by atoms with van der Waals surface area (Å²) in [5.74, 6) is 0.535. The van der Waals surface area contributed by atoms with Gasteiger partial charge in [-0.1, -0.05) is 6.92 Å². The quantitative estimate of drug-likeness (QED) is 0.796. The highest BCUT2D eigenvalue weighted by Crippen LogP contribution is 2.31. The van der Waals surface area contributed by atoms with E-state index in [4.69, 9.17) is 5.73 Å². The van der Waals surface area contributed by atoms with Gasteiger partial charge in [0.05, 0.1) is 10.5 Å². The lowest BCUT2D eigenvalue weighted by Gasteiger charge is -2.34. The largest absolute Gasteiger partial charge is 0.398 e. The first-order valence-corrected chi connectivity index (χ1v) is 7.58. The van der Waals surface area contributed by atoms with Crippen LogP contribution in [-0.4, -0.2) is 23.2 Å². The molecule has 0 saturated heterocycles. The predicted octanol–water partition coefficient (Wildman–Crippen LogP) is 2.31. The lowest BCUT2D eigenvalue weighted by atomic mass is 9.79. The van der Waals surface area contributed by atoms with Crippen molar-refractivity contribution < 1.29 is 9.90 Å². The van der Waals surface area contributed by atoms with Gasteiger partial charge in [0.1, 0.15) is 0 Å². The zero-order valence-electron chi connectivity index (χ0n) is 11.5. The summed E-state index contributed by atoms with van der Waals surface area (Å²) in [6.07, 6.45) is 3.58. The van der Waals surface area contributed by atoms with Gasteiger partial charge in [0.25, 0.3) is 5.91 Å². The molecule has 1 fully saturated rings. The second-order valence-corrected chi connectivity index (χ2v) is 6.97. The van der Waals surface area contributed by atoms with Crippen molar-refractivity contribution >= 4 is 22.9 Å². The smallest absolute Gasteiger partial charge is 0.261 e. The molecular weight excluding hydrogens is 260 g/mol. The summed E-state index contributed by atoms with van der Waals surface area (Å²) in [6, 6.07) is 1.70. The van der Waals surface area contributed by atoms with Crippen LogP contribution in [0.25, 0.3) is 0 Å². The fourth-order valence-corrected chi connectivity index (χ4v) is 3.27. The first-order chi connectivity index (χ1) is 8.89. The first-order valence-electron chi connectivity index (χ1n) is 6.76. The minimum Gasteiger partial charge on any atom is -0.398 e. The average Bonchev–Trinajstić information content (AvgIpc) is 2.71. The zero-order chi connectivity index (χ0) is 14.0. The molecular formula is C14H22N2O2S. The molecule has 1 heterocycles. The molecule has 0 spiro atoms. The van der Waals surface area contributed by atoms with Crippen LogP contribution in [0.2, 0.25) is 0 Å². The van der Waals surface area contributed by atoms with Crippen LogP contribution in [0.4, 0.5) is 5.69 Å². The number of nitrogens with two attached hydrogens (primary N) is 1. The highest BCUT2D eigenvalue weighted by molar-refractivity contribution is 7.14. The molecule has 4 N–H and O–H groups in total. The van der Waals surface area contributed by atoms with Gasteiger partial charge in [-0.3, -0.25) is 4.79 Å². The van der Waals surface area contributed by atoms with Crippen molar-refractivity contribution in [2.24, 2.45) is 5.92 Å². The molecule has 0 atom stereocenters. The number of nitrogen functional groups attached to an aromatic ring is 1. The van der Waals surface area contributed by atoms with Gasteiger partial charge in [0, 0.05) is 17.1 Å². The van der Waals surface area contributed by atoms with E-state index >= 15 is 0 Å². The molecule has 19 heavy (non-hydrogen) atoms. The summed E-state index contributed by atoms with van der Waals surface area (Å²) >= 11 is 1.39. The Labute approximate surface area is 118 Å². The summed E-state index contributed by atoms with van der Waals surface area (Å²) in [6.45, 7) is 4.43. The van der Waals surface area contributed by atoms with Crippen LogP contribution in [0.15, 0.2) is 6.07 Å². The molecule has 106 valence electrons. The van der Waals surface area contributed by atoms with E-state index in [1.165, 1.54) is 11.3 Å². The topological polar surface area (TPSA) is 75.3 Å². The van der Waals surface area contributed by atoms with Gasteiger partial charge in [-0.05, 0) is 44.6 Å².